The third-order valence-electron chi connectivity index (χ3n) is 1.75. The quantitative estimate of drug-likeness (QED) is 0.654. The Morgan fingerprint density at radius 3 is 2.85 bits per heavy atom. The number of aryl methyl sites for hydroxylation is 1. The molecule has 0 amide bonds. The molecule has 0 atom stereocenters. The number of aliphatic hydroxyl groups is 1. The summed E-state index contributed by atoms with van der Waals surface area (Å²) in [5.41, 5.74) is 1.98. The maximum Gasteiger partial charge on any atom is 0.120 e. The molecule has 0 unspecified atom stereocenters. The summed E-state index contributed by atoms with van der Waals surface area (Å²) in [6, 6.07) is 5.69. The van der Waals surface area contributed by atoms with Crippen LogP contribution in [0.3, 0.4) is 0 Å². The zero-order valence-electron chi connectivity index (χ0n) is 7.79. The topological polar surface area (TPSA) is 29.5 Å². The van der Waals surface area contributed by atoms with E-state index >= 15 is 0 Å². The monoisotopic (exact) mass is 176 g/mol. The molecular formula is C11H12O2. The molecule has 0 aromatic heterocycles. The third-order valence-corrected chi connectivity index (χ3v) is 1.75. The van der Waals surface area contributed by atoms with Crippen LogP contribution in [-0.4, -0.2) is 18.8 Å². The second kappa shape index (κ2) is 4.54. The normalized spacial score (nSPS) is 8.85. The predicted octanol–water partition coefficient (Wildman–Crippen LogP) is 1.35. The molecule has 0 bridgehead atoms. The highest BCUT2D eigenvalue weighted by atomic mass is 16.5. The number of benzene rings is 1. The Morgan fingerprint density at radius 1 is 1.46 bits per heavy atom. The van der Waals surface area contributed by atoms with Gasteiger partial charge < -0.3 is 9.84 Å². The van der Waals surface area contributed by atoms with Crippen molar-refractivity contribution in [3.63, 3.8) is 0 Å². The Hall–Kier alpha value is -1.46. The van der Waals surface area contributed by atoms with Crippen LogP contribution in [0.25, 0.3) is 0 Å². The smallest absolute Gasteiger partial charge is 0.120 e. The minimum absolute atomic E-state index is 0.114. The fourth-order valence-electron chi connectivity index (χ4n) is 0.998. The van der Waals surface area contributed by atoms with E-state index in [0.29, 0.717) is 0 Å². The lowest BCUT2D eigenvalue weighted by Crippen LogP contribution is -1.87. The second-order valence-electron chi connectivity index (χ2n) is 2.64. The van der Waals surface area contributed by atoms with Crippen LogP contribution in [0.2, 0.25) is 0 Å². The Balaban J connectivity index is 3.04. The molecule has 13 heavy (non-hydrogen) atoms. The van der Waals surface area contributed by atoms with Gasteiger partial charge in [0.05, 0.1) is 7.11 Å². The fraction of sp³-hybridized carbons (Fsp3) is 0.273. The molecule has 1 aromatic rings. The van der Waals surface area contributed by atoms with E-state index in [1.165, 1.54) is 0 Å². The van der Waals surface area contributed by atoms with E-state index in [1.807, 2.05) is 25.1 Å². The van der Waals surface area contributed by atoms with Gasteiger partial charge in [0.25, 0.3) is 0 Å². The van der Waals surface area contributed by atoms with Crippen molar-refractivity contribution in [1.82, 2.24) is 0 Å². The van der Waals surface area contributed by atoms with Gasteiger partial charge in [-0.1, -0.05) is 17.9 Å². The maximum atomic E-state index is 8.54. The maximum absolute atomic E-state index is 8.54. The van der Waals surface area contributed by atoms with Crippen molar-refractivity contribution in [2.24, 2.45) is 0 Å². The molecule has 2 heteroatoms. The molecule has 0 heterocycles. The molecule has 0 fully saturated rings. The highest BCUT2D eigenvalue weighted by Gasteiger charge is 1.96. The van der Waals surface area contributed by atoms with Crippen molar-refractivity contribution >= 4 is 0 Å². The van der Waals surface area contributed by atoms with Crippen molar-refractivity contribution in [3.8, 4) is 17.6 Å². The molecule has 1 N–H and O–H groups in total. The third kappa shape index (κ3) is 2.50. The van der Waals surface area contributed by atoms with Gasteiger partial charge in [-0.25, -0.2) is 0 Å². The Kier molecular flexibility index (Phi) is 3.36. The van der Waals surface area contributed by atoms with Gasteiger partial charge in [0.2, 0.25) is 0 Å². The number of rotatable bonds is 1. The SMILES string of the molecule is COc1ccc(C)c(C#CCO)c1. The fourth-order valence-corrected chi connectivity index (χ4v) is 0.998. The van der Waals surface area contributed by atoms with Gasteiger partial charge in [-0.15, -0.1) is 0 Å². The van der Waals surface area contributed by atoms with Crippen molar-refractivity contribution in [2.75, 3.05) is 13.7 Å². The average molecular weight is 176 g/mol. The summed E-state index contributed by atoms with van der Waals surface area (Å²) in [7, 11) is 1.62. The average Bonchev–Trinajstić information content (AvgIpc) is 2.17. The molecule has 1 rings (SSSR count). The van der Waals surface area contributed by atoms with Crippen molar-refractivity contribution in [2.45, 2.75) is 6.92 Å². The minimum atomic E-state index is -0.114. The molecule has 0 aliphatic heterocycles. The summed E-state index contributed by atoms with van der Waals surface area (Å²) >= 11 is 0. The van der Waals surface area contributed by atoms with Gasteiger partial charge in [0, 0.05) is 5.56 Å². The van der Waals surface area contributed by atoms with Crippen LogP contribution < -0.4 is 4.74 Å². The number of methoxy groups -OCH3 is 1. The lowest BCUT2D eigenvalue weighted by Gasteiger charge is -2.02. The largest absolute Gasteiger partial charge is 0.497 e. The van der Waals surface area contributed by atoms with Gasteiger partial charge in [-0.3, -0.25) is 0 Å². The molecule has 0 spiro atoms. The number of hydrogen-bond acceptors (Lipinski definition) is 2. The van der Waals surface area contributed by atoms with Crippen LogP contribution in [0.4, 0.5) is 0 Å². The standard InChI is InChI=1S/C11H12O2/c1-9-5-6-11(13-2)8-10(9)4-3-7-12/h5-6,8,12H,7H2,1-2H3. The molecule has 2 nitrogen and oxygen atoms in total. The van der Waals surface area contributed by atoms with Gasteiger partial charge in [0.15, 0.2) is 0 Å². The molecule has 0 radical (unpaired) electrons. The van der Waals surface area contributed by atoms with Crippen molar-refractivity contribution in [1.29, 1.82) is 0 Å². The zero-order valence-corrected chi connectivity index (χ0v) is 7.79. The van der Waals surface area contributed by atoms with Gasteiger partial charge >= 0.3 is 0 Å². The summed E-state index contributed by atoms with van der Waals surface area (Å²) in [4.78, 5) is 0. The van der Waals surface area contributed by atoms with E-state index in [-0.39, 0.29) is 6.61 Å². The first-order valence-electron chi connectivity index (χ1n) is 4.02. The number of hydrogen-bond donors (Lipinski definition) is 1. The van der Waals surface area contributed by atoms with Gasteiger partial charge in [-0.05, 0) is 24.6 Å². The van der Waals surface area contributed by atoms with Crippen LogP contribution in [0.15, 0.2) is 18.2 Å². The van der Waals surface area contributed by atoms with Crippen LogP contribution in [0.1, 0.15) is 11.1 Å². The molecular weight excluding hydrogens is 164 g/mol. The Labute approximate surface area is 78.2 Å². The highest BCUT2D eigenvalue weighted by Crippen LogP contribution is 2.15. The van der Waals surface area contributed by atoms with Crippen LogP contribution in [0.5, 0.6) is 5.75 Å². The van der Waals surface area contributed by atoms with Gasteiger partial charge in [0.1, 0.15) is 12.4 Å². The molecule has 0 aliphatic carbocycles. The van der Waals surface area contributed by atoms with Crippen LogP contribution >= 0.6 is 0 Å². The summed E-state index contributed by atoms with van der Waals surface area (Å²) in [5, 5.41) is 8.54. The van der Waals surface area contributed by atoms with Gasteiger partial charge in [-0.2, -0.15) is 0 Å². The van der Waals surface area contributed by atoms with E-state index in [1.54, 1.807) is 7.11 Å². The van der Waals surface area contributed by atoms with Crippen molar-refractivity contribution < 1.29 is 9.84 Å². The first-order valence-corrected chi connectivity index (χ1v) is 4.02. The molecule has 0 aliphatic rings. The van der Waals surface area contributed by atoms with Crippen LogP contribution in [-0.2, 0) is 0 Å². The van der Waals surface area contributed by atoms with E-state index in [2.05, 4.69) is 11.8 Å². The molecule has 68 valence electrons. The highest BCUT2D eigenvalue weighted by molar-refractivity contribution is 5.45. The summed E-state index contributed by atoms with van der Waals surface area (Å²) in [6.07, 6.45) is 0. The predicted molar refractivity (Wildman–Crippen MR) is 51.7 cm³/mol. The summed E-state index contributed by atoms with van der Waals surface area (Å²) < 4.78 is 5.06. The minimum Gasteiger partial charge on any atom is -0.497 e. The van der Waals surface area contributed by atoms with Crippen LogP contribution in [0, 0.1) is 18.8 Å². The first-order chi connectivity index (χ1) is 6.27. The van der Waals surface area contributed by atoms with E-state index in [4.69, 9.17) is 9.84 Å². The molecule has 0 saturated carbocycles. The Bertz CT molecular complexity index is 345. The second-order valence-corrected chi connectivity index (χ2v) is 2.64. The van der Waals surface area contributed by atoms with E-state index in [0.717, 1.165) is 16.9 Å². The lowest BCUT2D eigenvalue weighted by molar-refractivity contribution is 0.350. The number of aliphatic hydroxyl groups excluding tert-OH is 1. The summed E-state index contributed by atoms with van der Waals surface area (Å²) in [5.74, 6) is 6.25. The molecule has 1 aromatic carbocycles. The lowest BCUT2D eigenvalue weighted by atomic mass is 10.1. The molecule has 0 saturated heterocycles. The Morgan fingerprint density at radius 2 is 2.23 bits per heavy atom. The number of ether oxygens (including phenoxy) is 1. The summed E-state index contributed by atoms with van der Waals surface area (Å²) in [6.45, 7) is 1.86. The van der Waals surface area contributed by atoms with E-state index in [9.17, 15) is 0 Å². The first kappa shape index (κ1) is 9.63. The van der Waals surface area contributed by atoms with E-state index < -0.39 is 0 Å². The van der Waals surface area contributed by atoms with Crippen molar-refractivity contribution in [3.05, 3.63) is 29.3 Å². The zero-order chi connectivity index (χ0) is 9.68.